The number of anilines is 1. The molecule has 34 heavy (non-hydrogen) atoms. The van der Waals surface area contributed by atoms with Crippen LogP contribution in [-0.2, 0) is 0 Å². The van der Waals surface area contributed by atoms with E-state index in [4.69, 9.17) is 0 Å². The van der Waals surface area contributed by atoms with Crippen molar-refractivity contribution in [2.45, 2.75) is 10.5 Å². The summed E-state index contributed by atoms with van der Waals surface area (Å²) in [4.78, 5) is 23.7. The summed E-state index contributed by atoms with van der Waals surface area (Å²) >= 11 is 0. The predicted molar refractivity (Wildman–Crippen MR) is 149 cm³/mol. The molecule has 0 saturated heterocycles. The van der Waals surface area contributed by atoms with Gasteiger partial charge in [-0.2, -0.15) is 4.98 Å². The second-order valence-corrected chi connectivity index (χ2v) is 10.2. The van der Waals surface area contributed by atoms with Crippen molar-refractivity contribution in [3.63, 3.8) is 0 Å². The van der Waals surface area contributed by atoms with Gasteiger partial charge in [-0.1, -0.05) is 30.3 Å². The Labute approximate surface area is 203 Å². The molecule has 4 aromatic rings. The molecule has 14 heteroatoms. The average Bonchev–Trinajstić information content (AvgIpc) is 3.16. The van der Waals surface area contributed by atoms with E-state index in [1.165, 1.54) is 16.6 Å². The third-order valence-corrected chi connectivity index (χ3v) is 5.30. The van der Waals surface area contributed by atoms with E-state index in [0.29, 0.717) is 11.5 Å². The van der Waals surface area contributed by atoms with Gasteiger partial charge in [0.1, 0.15) is 52.9 Å². The van der Waals surface area contributed by atoms with E-state index in [-0.39, 0.29) is 17.4 Å². The maximum atomic E-state index is 14.8. The number of hydrogen-bond acceptors (Lipinski definition) is 4. The van der Waals surface area contributed by atoms with Crippen LogP contribution in [0.1, 0.15) is 0 Å². The molecular weight excluding hydrogens is 424 g/mol. The zero-order valence-electron chi connectivity index (χ0n) is 20.3. The highest BCUT2D eigenvalue weighted by Crippen LogP contribution is 2.26. The SMILES string of the molecule is BC(B)(B)N(C(=O)Nc1ccc(F)c(-c2nc3ncc(-c4ccccc4)cn3n2)c1)C(B)(B)B. The van der Waals surface area contributed by atoms with Crippen molar-refractivity contribution in [1.82, 2.24) is 24.5 Å². The number of amides is 2. The van der Waals surface area contributed by atoms with Gasteiger partial charge in [0.2, 0.25) is 0 Å². The number of carbonyl (C=O) groups is 1. The molecule has 2 heterocycles. The maximum absolute atomic E-state index is 14.8. The molecule has 2 aromatic carbocycles. The van der Waals surface area contributed by atoms with Crippen molar-refractivity contribution in [3.05, 3.63) is 66.7 Å². The van der Waals surface area contributed by atoms with Crippen LogP contribution in [0.5, 0.6) is 0 Å². The summed E-state index contributed by atoms with van der Waals surface area (Å²) in [5, 5.41) is 6.53. The molecule has 164 valence electrons. The zero-order valence-corrected chi connectivity index (χ0v) is 20.3. The zero-order chi connectivity index (χ0) is 24.7. The summed E-state index contributed by atoms with van der Waals surface area (Å²) in [7, 11) is 11.9. The Morgan fingerprint density at radius 1 is 0.971 bits per heavy atom. The molecule has 0 bridgehead atoms. The average molecular weight is 447 g/mol. The molecule has 0 saturated carbocycles. The summed E-state index contributed by atoms with van der Waals surface area (Å²) in [6.45, 7) is 0. The van der Waals surface area contributed by atoms with Gasteiger partial charge in [-0.15, -0.1) is 5.10 Å². The molecule has 0 fully saturated rings. The van der Waals surface area contributed by atoms with E-state index in [1.807, 2.05) is 83.6 Å². The van der Waals surface area contributed by atoms with Crippen LogP contribution in [0.2, 0.25) is 0 Å². The minimum absolute atomic E-state index is 0.183. The minimum Gasteiger partial charge on any atom is -0.360 e. The number of carbonyl (C=O) groups excluding carboxylic acids is 1. The summed E-state index contributed by atoms with van der Waals surface area (Å²) in [5.41, 5.74) is 2.50. The van der Waals surface area contributed by atoms with E-state index >= 15 is 0 Å². The molecule has 0 atom stereocenters. The third-order valence-electron chi connectivity index (χ3n) is 5.30. The highest BCUT2D eigenvalue weighted by Gasteiger charge is 2.35. The number of fused-ring (bicyclic) bond motifs is 1. The summed E-state index contributed by atoms with van der Waals surface area (Å²) in [6, 6.07) is 13.9. The number of nitrogens with zero attached hydrogens (tertiary/aromatic N) is 5. The van der Waals surface area contributed by atoms with Crippen LogP contribution in [0.4, 0.5) is 14.9 Å². The van der Waals surface area contributed by atoms with Crippen molar-refractivity contribution < 1.29 is 9.18 Å². The Hall–Kier alpha value is -3.42. The van der Waals surface area contributed by atoms with Gasteiger partial charge >= 0.3 is 6.03 Å². The Morgan fingerprint density at radius 3 is 2.29 bits per heavy atom. The topological polar surface area (TPSA) is 75.4 Å². The lowest BCUT2D eigenvalue weighted by molar-refractivity contribution is 0.210. The van der Waals surface area contributed by atoms with E-state index in [9.17, 15) is 9.18 Å². The minimum atomic E-state index is -0.485. The lowest BCUT2D eigenvalue weighted by Gasteiger charge is -2.46. The van der Waals surface area contributed by atoms with Gasteiger partial charge in [0.25, 0.3) is 5.78 Å². The fourth-order valence-corrected chi connectivity index (χ4v) is 4.25. The van der Waals surface area contributed by atoms with Crippen molar-refractivity contribution >= 4 is 64.6 Å². The van der Waals surface area contributed by atoms with Gasteiger partial charge in [-0.25, -0.2) is 18.7 Å². The maximum Gasteiger partial charge on any atom is 0.318 e. The van der Waals surface area contributed by atoms with Crippen molar-refractivity contribution in [2.24, 2.45) is 0 Å². The summed E-state index contributed by atoms with van der Waals surface area (Å²) in [6.07, 6.45) is 3.52. The van der Waals surface area contributed by atoms with Gasteiger partial charge in [0, 0.05) is 23.6 Å². The monoisotopic (exact) mass is 448 g/mol. The number of aromatic nitrogens is 4. The fourth-order valence-electron chi connectivity index (χ4n) is 4.25. The van der Waals surface area contributed by atoms with Crippen LogP contribution in [0.15, 0.2) is 60.9 Å². The Bertz CT molecular complexity index is 1340. The van der Waals surface area contributed by atoms with Crippen LogP contribution in [-0.4, -0.2) is 88.1 Å². The smallest absolute Gasteiger partial charge is 0.318 e. The number of benzene rings is 2. The predicted octanol–water partition coefficient (Wildman–Crippen LogP) is -2.55. The number of hydrogen-bond donors (Lipinski definition) is 1. The first-order valence-electron chi connectivity index (χ1n) is 11.1. The number of rotatable bonds is 5. The lowest BCUT2D eigenvalue weighted by Crippen LogP contribution is -2.66. The van der Waals surface area contributed by atoms with Crippen LogP contribution >= 0.6 is 0 Å². The molecule has 0 unspecified atom stereocenters. The quantitative estimate of drug-likeness (QED) is 0.342. The molecule has 1 N–H and O–H groups in total. The number of nitrogens with one attached hydrogen (secondary N) is 1. The van der Waals surface area contributed by atoms with Crippen LogP contribution in [0, 0.1) is 5.82 Å². The summed E-state index contributed by atoms with van der Waals surface area (Å²) in [5.74, 6) is 0.0608. The first kappa shape index (κ1) is 23.7. The molecule has 0 spiro atoms. The fraction of sp³-hybridized carbons (Fsp3) is 0.100. The Morgan fingerprint density at radius 2 is 1.65 bits per heavy atom. The van der Waals surface area contributed by atoms with Gasteiger partial charge < -0.3 is 10.2 Å². The number of urea groups is 1. The highest BCUT2D eigenvalue weighted by molar-refractivity contribution is 6.64. The van der Waals surface area contributed by atoms with Gasteiger partial charge in [-0.05, 0) is 34.2 Å². The van der Waals surface area contributed by atoms with E-state index in [0.717, 1.165) is 11.1 Å². The van der Waals surface area contributed by atoms with Crippen molar-refractivity contribution in [1.29, 1.82) is 0 Å². The second-order valence-electron chi connectivity index (χ2n) is 10.2. The third kappa shape index (κ3) is 4.90. The number of halogens is 1. The van der Waals surface area contributed by atoms with Gasteiger partial charge in [0.15, 0.2) is 5.82 Å². The lowest BCUT2D eigenvalue weighted by atomic mass is 9.40. The molecule has 0 aliphatic heterocycles. The van der Waals surface area contributed by atoms with Crippen molar-refractivity contribution in [3.8, 4) is 22.5 Å². The van der Waals surface area contributed by atoms with Crippen molar-refractivity contribution in [2.75, 3.05) is 5.32 Å². The largest absolute Gasteiger partial charge is 0.360 e. The highest BCUT2D eigenvalue weighted by atomic mass is 19.1. The van der Waals surface area contributed by atoms with Gasteiger partial charge in [-0.3, -0.25) is 0 Å². The molecule has 2 aromatic heterocycles. The molecule has 0 aliphatic rings. The summed E-state index contributed by atoms with van der Waals surface area (Å²) < 4.78 is 16.3. The van der Waals surface area contributed by atoms with Gasteiger partial charge in [0.05, 0.1) is 5.56 Å². The molecule has 0 aliphatic carbocycles. The normalized spacial score (nSPS) is 11.9. The van der Waals surface area contributed by atoms with E-state index in [2.05, 4.69) is 20.4 Å². The van der Waals surface area contributed by atoms with E-state index < -0.39 is 16.3 Å². The van der Waals surface area contributed by atoms with Crippen LogP contribution in [0.25, 0.3) is 28.3 Å². The first-order valence-corrected chi connectivity index (χ1v) is 11.1. The molecule has 2 amide bonds. The van der Waals surface area contributed by atoms with Crippen LogP contribution in [0.3, 0.4) is 0 Å². The molecule has 0 radical (unpaired) electrons. The first-order chi connectivity index (χ1) is 15.9. The van der Waals surface area contributed by atoms with Crippen LogP contribution < -0.4 is 5.32 Å². The standard InChI is InChI=1S/C20H23B6FN6O/c21-19(22,23)33(20(24,25)26)18(34)29-13-6-7-15(27)14(8-13)16-30-17-28-9-12(10-32(17)31-16)11-4-2-1-3-5-11/h1-10H,21-26H2,(H,29,34). The van der Waals surface area contributed by atoms with E-state index in [1.54, 1.807) is 17.2 Å². The molecule has 7 nitrogen and oxygen atoms in total. The molecular formula is C20H23B6FN6O. The Kier molecular flexibility index (Phi) is 6.10. The Balaban J connectivity index is 1.66. The molecule has 4 rings (SSSR count). The second kappa shape index (κ2) is 8.74.